The molecule has 1 saturated heterocycles. The van der Waals surface area contributed by atoms with Gasteiger partial charge in [0.2, 0.25) is 0 Å². The van der Waals surface area contributed by atoms with Gasteiger partial charge in [0.15, 0.2) is 0 Å². The van der Waals surface area contributed by atoms with E-state index >= 15 is 0 Å². The van der Waals surface area contributed by atoms with E-state index in [9.17, 15) is 5.11 Å². The van der Waals surface area contributed by atoms with Crippen LogP contribution in [0.5, 0.6) is 0 Å². The standard InChI is InChI=1S/C18H37NO5/c1-4-5-6-7-8-9-14(22-3)10-11-23-18-15(19)12-24-16(13-21-2)17(18)20/h14-18,20H,4-13,19H2,1-3H3/t14-,15+,16-,17-,18-/m1/s1. The van der Waals surface area contributed by atoms with Crippen molar-refractivity contribution in [2.75, 3.05) is 34.0 Å². The van der Waals surface area contributed by atoms with Crippen molar-refractivity contribution in [1.29, 1.82) is 0 Å². The largest absolute Gasteiger partial charge is 0.388 e. The molecule has 0 spiro atoms. The minimum absolute atomic E-state index is 0.203. The number of hydrogen-bond donors (Lipinski definition) is 2. The highest BCUT2D eigenvalue weighted by molar-refractivity contribution is 4.90. The van der Waals surface area contributed by atoms with E-state index < -0.39 is 12.2 Å². The Labute approximate surface area is 147 Å². The Morgan fingerprint density at radius 1 is 1.17 bits per heavy atom. The number of unbranched alkanes of at least 4 members (excludes halogenated alkanes) is 4. The molecule has 0 unspecified atom stereocenters. The molecule has 144 valence electrons. The molecule has 0 aliphatic carbocycles. The molecule has 1 fully saturated rings. The smallest absolute Gasteiger partial charge is 0.110 e. The zero-order valence-electron chi connectivity index (χ0n) is 15.6. The fraction of sp³-hybridized carbons (Fsp3) is 1.00. The van der Waals surface area contributed by atoms with Gasteiger partial charge in [-0.05, 0) is 12.8 Å². The number of rotatable bonds is 13. The molecule has 5 atom stereocenters. The number of nitrogens with two attached hydrogens (primary N) is 1. The lowest BCUT2D eigenvalue weighted by Crippen LogP contribution is -2.58. The minimum Gasteiger partial charge on any atom is -0.388 e. The van der Waals surface area contributed by atoms with Crippen LogP contribution in [0.25, 0.3) is 0 Å². The van der Waals surface area contributed by atoms with Gasteiger partial charge in [-0.2, -0.15) is 0 Å². The van der Waals surface area contributed by atoms with Crippen LogP contribution in [0.3, 0.4) is 0 Å². The number of aliphatic hydroxyl groups is 1. The number of hydrogen-bond acceptors (Lipinski definition) is 6. The summed E-state index contributed by atoms with van der Waals surface area (Å²) < 4.78 is 22.0. The first kappa shape index (κ1) is 21.8. The first-order valence-corrected chi connectivity index (χ1v) is 9.32. The van der Waals surface area contributed by atoms with Gasteiger partial charge < -0.3 is 29.8 Å². The van der Waals surface area contributed by atoms with Gasteiger partial charge in [-0.15, -0.1) is 0 Å². The fourth-order valence-electron chi connectivity index (χ4n) is 3.12. The second-order valence-electron chi connectivity index (χ2n) is 6.67. The van der Waals surface area contributed by atoms with Gasteiger partial charge in [0.25, 0.3) is 0 Å². The maximum absolute atomic E-state index is 10.3. The lowest BCUT2D eigenvalue weighted by atomic mass is 9.98. The zero-order chi connectivity index (χ0) is 17.8. The average molecular weight is 347 g/mol. The van der Waals surface area contributed by atoms with Crippen LogP contribution in [0.4, 0.5) is 0 Å². The average Bonchev–Trinajstić information content (AvgIpc) is 2.58. The molecule has 1 rings (SSSR count). The summed E-state index contributed by atoms with van der Waals surface area (Å²) in [6.07, 6.45) is 6.84. The van der Waals surface area contributed by atoms with E-state index in [1.165, 1.54) is 32.1 Å². The summed E-state index contributed by atoms with van der Waals surface area (Å²) in [6.45, 7) is 3.47. The lowest BCUT2D eigenvalue weighted by Gasteiger charge is -2.38. The Balaban J connectivity index is 2.27. The van der Waals surface area contributed by atoms with Crippen molar-refractivity contribution >= 4 is 0 Å². The monoisotopic (exact) mass is 347 g/mol. The topological polar surface area (TPSA) is 83.2 Å². The maximum Gasteiger partial charge on any atom is 0.110 e. The highest BCUT2D eigenvalue weighted by Crippen LogP contribution is 2.19. The van der Waals surface area contributed by atoms with Crippen LogP contribution in [0.2, 0.25) is 0 Å². The fourth-order valence-corrected chi connectivity index (χ4v) is 3.12. The quantitative estimate of drug-likeness (QED) is 0.495. The van der Waals surface area contributed by atoms with E-state index in [1.807, 2.05) is 0 Å². The highest BCUT2D eigenvalue weighted by atomic mass is 16.6. The summed E-state index contributed by atoms with van der Waals surface area (Å²) >= 11 is 0. The second-order valence-corrected chi connectivity index (χ2v) is 6.67. The van der Waals surface area contributed by atoms with Crippen LogP contribution in [0.15, 0.2) is 0 Å². The normalized spacial score (nSPS) is 28.9. The third kappa shape index (κ3) is 7.76. The van der Waals surface area contributed by atoms with Gasteiger partial charge in [-0.25, -0.2) is 0 Å². The van der Waals surface area contributed by atoms with Gasteiger partial charge in [0.05, 0.1) is 25.4 Å². The van der Waals surface area contributed by atoms with Gasteiger partial charge in [-0.1, -0.05) is 39.0 Å². The van der Waals surface area contributed by atoms with Crippen molar-refractivity contribution < 1.29 is 24.1 Å². The van der Waals surface area contributed by atoms with E-state index in [0.29, 0.717) is 19.8 Å². The lowest BCUT2D eigenvalue weighted by molar-refractivity contribution is -0.177. The number of methoxy groups -OCH3 is 2. The Morgan fingerprint density at radius 2 is 1.92 bits per heavy atom. The van der Waals surface area contributed by atoms with Gasteiger partial charge >= 0.3 is 0 Å². The van der Waals surface area contributed by atoms with Crippen LogP contribution in [0, 0.1) is 0 Å². The van der Waals surface area contributed by atoms with Crippen molar-refractivity contribution in [3.8, 4) is 0 Å². The molecule has 0 aromatic carbocycles. The summed E-state index contributed by atoms with van der Waals surface area (Å²) in [7, 11) is 3.34. The van der Waals surface area contributed by atoms with Gasteiger partial charge in [0, 0.05) is 20.8 Å². The van der Waals surface area contributed by atoms with Crippen LogP contribution in [0.1, 0.15) is 51.9 Å². The van der Waals surface area contributed by atoms with Crippen molar-refractivity contribution in [2.45, 2.75) is 82.3 Å². The molecule has 3 N–H and O–H groups in total. The van der Waals surface area contributed by atoms with Crippen molar-refractivity contribution in [1.82, 2.24) is 0 Å². The predicted octanol–water partition coefficient (Wildman–Crippen LogP) is 1.87. The van der Waals surface area contributed by atoms with Crippen LogP contribution < -0.4 is 5.73 Å². The summed E-state index contributed by atoms with van der Waals surface area (Å²) in [6, 6.07) is -0.317. The molecule has 1 aliphatic heterocycles. The zero-order valence-corrected chi connectivity index (χ0v) is 15.6. The molecule has 6 heteroatoms. The molecule has 1 aliphatic rings. The molecule has 0 radical (unpaired) electrons. The van der Waals surface area contributed by atoms with E-state index in [0.717, 1.165) is 12.8 Å². The Bertz CT molecular complexity index is 305. The van der Waals surface area contributed by atoms with Gasteiger partial charge in [-0.3, -0.25) is 0 Å². The Morgan fingerprint density at radius 3 is 2.58 bits per heavy atom. The highest BCUT2D eigenvalue weighted by Gasteiger charge is 2.38. The summed E-state index contributed by atoms with van der Waals surface area (Å²) in [5.74, 6) is 0. The molecular weight excluding hydrogens is 310 g/mol. The van der Waals surface area contributed by atoms with E-state index in [4.69, 9.17) is 24.7 Å². The van der Waals surface area contributed by atoms with Crippen molar-refractivity contribution in [3.05, 3.63) is 0 Å². The molecular formula is C18H37NO5. The summed E-state index contributed by atoms with van der Waals surface area (Å²) in [5, 5.41) is 10.3. The molecule has 0 amide bonds. The maximum atomic E-state index is 10.3. The first-order chi connectivity index (χ1) is 11.6. The van der Waals surface area contributed by atoms with E-state index in [1.54, 1.807) is 14.2 Å². The molecule has 24 heavy (non-hydrogen) atoms. The van der Waals surface area contributed by atoms with Crippen LogP contribution in [-0.4, -0.2) is 69.6 Å². The van der Waals surface area contributed by atoms with Gasteiger partial charge in [0.1, 0.15) is 18.3 Å². The van der Waals surface area contributed by atoms with Crippen molar-refractivity contribution in [3.63, 3.8) is 0 Å². The van der Waals surface area contributed by atoms with E-state index in [-0.39, 0.29) is 18.2 Å². The molecule has 0 aromatic heterocycles. The predicted molar refractivity (Wildman–Crippen MR) is 94.1 cm³/mol. The number of aliphatic hydroxyl groups excluding tert-OH is 1. The van der Waals surface area contributed by atoms with Crippen LogP contribution in [-0.2, 0) is 18.9 Å². The number of ether oxygens (including phenoxy) is 4. The third-order valence-corrected chi connectivity index (χ3v) is 4.69. The Kier molecular flexibility index (Phi) is 11.8. The minimum atomic E-state index is -0.760. The SMILES string of the molecule is CCCCCCC[C@H](CCO[C@H]1[C@H](O)[C@@H](COC)OC[C@@H]1N)OC. The first-order valence-electron chi connectivity index (χ1n) is 9.32. The Hall–Kier alpha value is -0.240. The second kappa shape index (κ2) is 13.0. The summed E-state index contributed by atoms with van der Waals surface area (Å²) in [5.41, 5.74) is 6.02. The molecule has 1 heterocycles. The van der Waals surface area contributed by atoms with Crippen LogP contribution >= 0.6 is 0 Å². The molecule has 0 bridgehead atoms. The molecule has 0 aromatic rings. The summed E-state index contributed by atoms with van der Waals surface area (Å²) in [4.78, 5) is 0. The van der Waals surface area contributed by atoms with Crippen molar-refractivity contribution in [2.24, 2.45) is 5.73 Å². The van der Waals surface area contributed by atoms with E-state index in [2.05, 4.69) is 6.92 Å². The molecule has 6 nitrogen and oxygen atoms in total. The third-order valence-electron chi connectivity index (χ3n) is 4.69. The molecule has 0 saturated carbocycles.